The van der Waals surface area contributed by atoms with Gasteiger partial charge in [-0.1, -0.05) is 66.0 Å². The SMILES string of the molecule is CC[C@H](C)NC(=O)[C@@H](C)N(Cc1ccc(Cl)cc1)C(=O)CN(c1cc(Cl)ccc1C)S(=O)(=O)c1ccc(C)cc1. The number of nitrogens with one attached hydrogen (secondary N) is 1. The molecule has 0 heterocycles. The summed E-state index contributed by atoms with van der Waals surface area (Å²) in [4.78, 5) is 28.6. The van der Waals surface area contributed by atoms with E-state index in [4.69, 9.17) is 23.2 Å². The Kier molecular flexibility index (Phi) is 10.6. The van der Waals surface area contributed by atoms with Crippen LogP contribution in [0.2, 0.25) is 10.0 Å². The summed E-state index contributed by atoms with van der Waals surface area (Å²) in [5, 5.41) is 3.79. The second kappa shape index (κ2) is 13.5. The van der Waals surface area contributed by atoms with Crippen molar-refractivity contribution in [3.8, 4) is 0 Å². The van der Waals surface area contributed by atoms with Gasteiger partial charge >= 0.3 is 0 Å². The van der Waals surface area contributed by atoms with Crippen molar-refractivity contribution in [3.05, 3.63) is 93.5 Å². The Morgan fingerprint density at radius 3 is 2.10 bits per heavy atom. The number of aryl methyl sites for hydroxylation is 2. The van der Waals surface area contributed by atoms with Gasteiger partial charge in [0, 0.05) is 22.6 Å². The Hall–Kier alpha value is -3.07. The number of sulfonamides is 1. The lowest BCUT2D eigenvalue weighted by Crippen LogP contribution is -2.52. The smallest absolute Gasteiger partial charge is 0.264 e. The zero-order valence-corrected chi connectivity index (χ0v) is 25.6. The third kappa shape index (κ3) is 7.77. The minimum Gasteiger partial charge on any atom is -0.352 e. The van der Waals surface area contributed by atoms with E-state index < -0.39 is 28.5 Å². The van der Waals surface area contributed by atoms with E-state index in [1.54, 1.807) is 62.4 Å². The van der Waals surface area contributed by atoms with Gasteiger partial charge < -0.3 is 10.2 Å². The van der Waals surface area contributed by atoms with Crippen LogP contribution in [-0.4, -0.2) is 43.8 Å². The fraction of sp³-hybridized carbons (Fsp3) is 0.333. The summed E-state index contributed by atoms with van der Waals surface area (Å²) in [6.45, 7) is 8.63. The number of carbonyl (C=O) groups is 2. The van der Waals surface area contributed by atoms with E-state index in [0.717, 1.165) is 21.9 Å². The van der Waals surface area contributed by atoms with E-state index in [9.17, 15) is 18.0 Å². The van der Waals surface area contributed by atoms with Crippen molar-refractivity contribution < 1.29 is 18.0 Å². The Morgan fingerprint density at radius 2 is 1.50 bits per heavy atom. The first-order valence-electron chi connectivity index (χ1n) is 13.0. The van der Waals surface area contributed by atoms with Crippen LogP contribution < -0.4 is 9.62 Å². The molecule has 0 unspecified atom stereocenters. The molecule has 0 aliphatic heterocycles. The summed E-state index contributed by atoms with van der Waals surface area (Å²) < 4.78 is 29.0. The molecular weight excluding hydrogens is 569 g/mol. The maximum atomic E-state index is 14.0. The fourth-order valence-electron chi connectivity index (χ4n) is 4.04. The predicted molar refractivity (Wildman–Crippen MR) is 161 cm³/mol. The van der Waals surface area contributed by atoms with E-state index in [0.29, 0.717) is 15.6 Å². The number of rotatable bonds is 11. The van der Waals surface area contributed by atoms with E-state index in [1.807, 2.05) is 20.8 Å². The quantitative estimate of drug-likeness (QED) is 0.285. The van der Waals surface area contributed by atoms with Crippen molar-refractivity contribution in [2.24, 2.45) is 0 Å². The third-order valence-corrected chi connectivity index (χ3v) is 9.02. The second-order valence-corrected chi connectivity index (χ2v) is 12.6. The number of benzene rings is 3. The molecule has 2 amide bonds. The Bertz CT molecular complexity index is 1440. The zero-order chi connectivity index (χ0) is 29.6. The lowest BCUT2D eigenvalue weighted by molar-refractivity contribution is -0.139. The molecule has 3 aromatic carbocycles. The van der Waals surface area contributed by atoms with E-state index >= 15 is 0 Å². The van der Waals surface area contributed by atoms with Crippen LogP contribution in [-0.2, 0) is 26.2 Å². The summed E-state index contributed by atoms with van der Waals surface area (Å²) in [6.07, 6.45) is 0.722. The number of hydrogen-bond donors (Lipinski definition) is 1. The molecule has 214 valence electrons. The molecule has 0 fully saturated rings. The molecule has 0 aliphatic rings. The first-order chi connectivity index (χ1) is 18.8. The van der Waals surface area contributed by atoms with Crippen molar-refractivity contribution in [3.63, 3.8) is 0 Å². The summed E-state index contributed by atoms with van der Waals surface area (Å²) in [5.74, 6) is -0.875. The molecule has 40 heavy (non-hydrogen) atoms. The topological polar surface area (TPSA) is 86.8 Å². The molecule has 0 bridgehead atoms. The summed E-state index contributed by atoms with van der Waals surface area (Å²) in [6, 6.07) is 17.3. The molecule has 0 saturated carbocycles. The highest BCUT2D eigenvalue weighted by molar-refractivity contribution is 7.92. The van der Waals surface area contributed by atoms with Gasteiger partial charge in [0.1, 0.15) is 12.6 Å². The van der Waals surface area contributed by atoms with Crippen molar-refractivity contribution >= 4 is 50.7 Å². The van der Waals surface area contributed by atoms with Crippen LogP contribution in [0.4, 0.5) is 5.69 Å². The average Bonchev–Trinajstić information content (AvgIpc) is 2.92. The number of amides is 2. The lowest BCUT2D eigenvalue weighted by Gasteiger charge is -2.33. The zero-order valence-electron chi connectivity index (χ0n) is 23.3. The standard InChI is InChI=1S/C30H35Cl2N3O4S/c1-6-22(4)33-30(37)23(5)34(18-24-10-13-25(31)14-11-24)29(36)19-35(28-17-26(32)12-9-21(28)3)40(38,39)27-15-7-20(2)8-16-27/h7-17,22-23H,6,18-19H2,1-5H3,(H,33,37)/t22-,23+/m0/s1. The molecule has 10 heteroatoms. The highest BCUT2D eigenvalue weighted by Crippen LogP contribution is 2.30. The van der Waals surface area contributed by atoms with Crippen LogP contribution in [0.15, 0.2) is 71.6 Å². The maximum Gasteiger partial charge on any atom is 0.264 e. The van der Waals surface area contributed by atoms with Crippen LogP contribution in [0.5, 0.6) is 0 Å². The Morgan fingerprint density at radius 1 is 0.900 bits per heavy atom. The molecule has 3 rings (SSSR count). The average molecular weight is 605 g/mol. The summed E-state index contributed by atoms with van der Waals surface area (Å²) in [7, 11) is -4.18. The number of carbonyl (C=O) groups excluding carboxylic acids is 2. The summed E-state index contributed by atoms with van der Waals surface area (Å²) >= 11 is 12.3. The minimum absolute atomic E-state index is 0.0390. The Labute approximate surface area is 247 Å². The maximum absolute atomic E-state index is 14.0. The largest absolute Gasteiger partial charge is 0.352 e. The minimum atomic E-state index is -4.18. The van der Waals surface area contributed by atoms with Crippen LogP contribution in [0.25, 0.3) is 0 Å². The molecule has 3 aromatic rings. The third-order valence-electron chi connectivity index (χ3n) is 6.76. The first-order valence-corrected chi connectivity index (χ1v) is 15.2. The van der Waals surface area contributed by atoms with Crippen LogP contribution in [0.1, 0.15) is 43.9 Å². The molecule has 0 aliphatic carbocycles. The van der Waals surface area contributed by atoms with Gasteiger partial charge in [0.25, 0.3) is 10.0 Å². The van der Waals surface area contributed by atoms with E-state index in [1.165, 1.54) is 23.1 Å². The van der Waals surface area contributed by atoms with Crippen molar-refractivity contribution in [2.45, 2.75) is 64.6 Å². The number of hydrogen-bond acceptors (Lipinski definition) is 4. The van der Waals surface area contributed by atoms with Gasteiger partial charge in [-0.05, 0) is 81.6 Å². The van der Waals surface area contributed by atoms with Crippen molar-refractivity contribution in [2.75, 3.05) is 10.8 Å². The van der Waals surface area contributed by atoms with E-state index in [-0.39, 0.29) is 29.1 Å². The van der Waals surface area contributed by atoms with Gasteiger partial charge in [0.15, 0.2) is 0 Å². The van der Waals surface area contributed by atoms with Crippen molar-refractivity contribution in [1.82, 2.24) is 10.2 Å². The number of anilines is 1. The van der Waals surface area contributed by atoms with Gasteiger partial charge in [-0.15, -0.1) is 0 Å². The fourth-order valence-corrected chi connectivity index (χ4v) is 5.80. The molecule has 7 nitrogen and oxygen atoms in total. The lowest BCUT2D eigenvalue weighted by atomic mass is 10.1. The highest BCUT2D eigenvalue weighted by Gasteiger charge is 2.33. The number of halogens is 2. The molecule has 0 aromatic heterocycles. The molecule has 2 atom stereocenters. The van der Waals surface area contributed by atoms with Gasteiger partial charge in [-0.2, -0.15) is 0 Å². The highest BCUT2D eigenvalue weighted by atomic mass is 35.5. The molecular formula is C30H35Cl2N3O4S. The molecule has 1 N–H and O–H groups in total. The van der Waals surface area contributed by atoms with Gasteiger partial charge in [-0.25, -0.2) is 8.42 Å². The molecule has 0 saturated heterocycles. The first kappa shape index (κ1) is 31.5. The Balaban J connectivity index is 2.06. The van der Waals surface area contributed by atoms with Gasteiger partial charge in [0.2, 0.25) is 11.8 Å². The number of nitrogens with zero attached hydrogens (tertiary/aromatic N) is 2. The van der Waals surface area contributed by atoms with Gasteiger partial charge in [-0.3, -0.25) is 13.9 Å². The normalized spacial score (nSPS) is 12.9. The van der Waals surface area contributed by atoms with Crippen LogP contribution >= 0.6 is 23.2 Å². The molecule has 0 radical (unpaired) electrons. The monoisotopic (exact) mass is 603 g/mol. The molecule has 0 spiro atoms. The van der Waals surface area contributed by atoms with Gasteiger partial charge in [0.05, 0.1) is 10.6 Å². The second-order valence-electron chi connectivity index (χ2n) is 9.90. The predicted octanol–water partition coefficient (Wildman–Crippen LogP) is 6.14. The van der Waals surface area contributed by atoms with Crippen molar-refractivity contribution in [1.29, 1.82) is 0 Å². The van der Waals surface area contributed by atoms with Crippen LogP contribution in [0, 0.1) is 13.8 Å². The van der Waals surface area contributed by atoms with E-state index in [2.05, 4.69) is 5.32 Å². The summed E-state index contributed by atoms with van der Waals surface area (Å²) in [5.41, 5.74) is 2.55. The van der Waals surface area contributed by atoms with Crippen LogP contribution in [0.3, 0.4) is 0 Å².